The number of aldehydes is 1. The minimum Gasteiger partial charge on any atom is -0.371 e. The van der Waals surface area contributed by atoms with Crippen molar-refractivity contribution in [3.63, 3.8) is 0 Å². The van der Waals surface area contributed by atoms with E-state index in [1.54, 1.807) is 0 Å². The molecular formula is C13H21F2NO3. The van der Waals surface area contributed by atoms with Crippen molar-refractivity contribution < 1.29 is 23.1 Å². The molecule has 6 heteroatoms. The van der Waals surface area contributed by atoms with Gasteiger partial charge in [0.2, 0.25) is 6.43 Å². The highest BCUT2D eigenvalue weighted by Crippen LogP contribution is 2.32. The number of carbonyl (C=O) groups excluding carboxylic acids is 2. The predicted molar refractivity (Wildman–Crippen MR) is 65.9 cm³/mol. The molecule has 0 bridgehead atoms. The molecule has 1 rings (SSSR count). The van der Waals surface area contributed by atoms with Crippen molar-refractivity contribution >= 4 is 12.2 Å². The van der Waals surface area contributed by atoms with Crippen LogP contribution in [-0.2, 0) is 14.3 Å². The zero-order chi connectivity index (χ0) is 14.8. The molecule has 0 saturated carbocycles. The van der Waals surface area contributed by atoms with Crippen LogP contribution >= 0.6 is 0 Å². The number of methoxy groups -OCH3 is 1. The first-order chi connectivity index (χ1) is 8.73. The summed E-state index contributed by atoms with van der Waals surface area (Å²) in [6.45, 7) is 5.66. The number of nitrogens with zero attached hydrogens (tertiary/aromatic N) is 1. The maximum absolute atomic E-state index is 12.8. The summed E-state index contributed by atoms with van der Waals surface area (Å²) in [7, 11) is 1.41. The summed E-state index contributed by atoms with van der Waals surface area (Å²) in [6, 6.07) is -1.05. The fraction of sp³-hybridized carbons (Fsp3) is 0.846. The number of ether oxygens (including phenoxy) is 1. The van der Waals surface area contributed by atoms with Crippen LogP contribution in [-0.4, -0.2) is 49.3 Å². The van der Waals surface area contributed by atoms with Crippen molar-refractivity contribution in [3.05, 3.63) is 0 Å². The van der Waals surface area contributed by atoms with E-state index in [0.717, 1.165) is 0 Å². The van der Waals surface area contributed by atoms with Gasteiger partial charge in [-0.05, 0) is 11.8 Å². The second-order valence-corrected chi connectivity index (χ2v) is 5.93. The van der Waals surface area contributed by atoms with Gasteiger partial charge in [-0.2, -0.15) is 0 Å². The second kappa shape index (κ2) is 5.94. The lowest BCUT2D eigenvalue weighted by Crippen LogP contribution is -2.49. The molecule has 19 heavy (non-hydrogen) atoms. The van der Waals surface area contributed by atoms with Crippen molar-refractivity contribution in [1.82, 2.24) is 4.90 Å². The summed E-state index contributed by atoms with van der Waals surface area (Å²) in [5, 5.41) is 0. The van der Waals surface area contributed by atoms with Gasteiger partial charge in [0.25, 0.3) is 5.91 Å². The zero-order valence-electron chi connectivity index (χ0n) is 11.7. The Morgan fingerprint density at radius 2 is 2.00 bits per heavy atom. The van der Waals surface area contributed by atoms with Crippen molar-refractivity contribution in [2.24, 2.45) is 11.3 Å². The molecule has 2 unspecified atom stereocenters. The van der Waals surface area contributed by atoms with E-state index in [9.17, 15) is 18.4 Å². The molecule has 0 spiro atoms. The standard InChI is InChI=1S/C13H21F2NO3/c1-13(2,3)10(19-4)12(18)16-6-5-8(11(14)15)9(16)7-17/h7-11H,5-6H2,1-4H3/t8?,9?,10-/m1/s1. The maximum Gasteiger partial charge on any atom is 0.252 e. The number of halogens is 2. The molecule has 0 radical (unpaired) electrons. The van der Waals surface area contributed by atoms with Crippen LogP contribution < -0.4 is 0 Å². The lowest BCUT2D eigenvalue weighted by atomic mass is 9.88. The van der Waals surface area contributed by atoms with E-state index in [-0.39, 0.29) is 13.0 Å². The van der Waals surface area contributed by atoms with Crippen molar-refractivity contribution in [2.75, 3.05) is 13.7 Å². The minimum absolute atomic E-state index is 0.146. The van der Waals surface area contributed by atoms with E-state index in [0.29, 0.717) is 6.29 Å². The fourth-order valence-corrected chi connectivity index (χ4v) is 2.52. The van der Waals surface area contributed by atoms with Gasteiger partial charge >= 0.3 is 0 Å². The molecule has 110 valence electrons. The molecule has 0 aromatic carbocycles. The number of hydrogen-bond donors (Lipinski definition) is 0. The molecule has 0 aliphatic carbocycles. The molecule has 1 amide bonds. The second-order valence-electron chi connectivity index (χ2n) is 5.93. The SMILES string of the molecule is CO[C@H](C(=O)N1CCC(C(F)F)C1C=O)C(C)(C)C. The van der Waals surface area contributed by atoms with E-state index in [2.05, 4.69) is 0 Å². The van der Waals surface area contributed by atoms with E-state index >= 15 is 0 Å². The largest absolute Gasteiger partial charge is 0.371 e. The van der Waals surface area contributed by atoms with Crippen molar-refractivity contribution in [2.45, 2.75) is 45.8 Å². The first-order valence-corrected chi connectivity index (χ1v) is 6.30. The Bertz CT molecular complexity index is 341. The van der Waals surface area contributed by atoms with Crippen LogP contribution in [0, 0.1) is 11.3 Å². The van der Waals surface area contributed by atoms with Gasteiger partial charge < -0.3 is 14.4 Å². The molecule has 1 aliphatic heterocycles. The van der Waals surface area contributed by atoms with E-state index in [1.165, 1.54) is 12.0 Å². The Kier molecular flexibility index (Phi) is 5.01. The van der Waals surface area contributed by atoms with Crippen LogP contribution in [0.1, 0.15) is 27.2 Å². The van der Waals surface area contributed by atoms with E-state index in [1.807, 2.05) is 20.8 Å². The Hall–Kier alpha value is -1.04. The number of alkyl halides is 2. The van der Waals surface area contributed by atoms with Gasteiger partial charge in [-0.3, -0.25) is 4.79 Å². The summed E-state index contributed by atoms with van der Waals surface area (Å²) in [6.07, 6.45) is -2.75. The average molecular weight is 277 g/mol. The molecule has 1 fully saturated rings. The summed E-state index contributed by atoms with van der Waals surface area (Å²) in [5.74, 6) is -1.46. The Morgan fingerprint density at radius 1 is 1.42 bits per heavy atom. The van der Waals surface area contributed by atoms with Crippen LogP contribution in [0.5, 0.6) is 0 Å². The van der Waals surface area contributed by atoms with E-state index < -0.39 is 35.8 Å². The molecule has 3 atom stereocenters. The Balaban J connectivity index is 2.91. The third kappa shape index (κ3) is 3.29. The van der Waals surface area contributed by atoms with Gasteiger partial charge in [0.15, 0.2) is 0 Å². The highest BCUT2D eigenvalue weighted by molar-refractivity contribution is 5.85. The fourth-order valence-electron chi connectivity index (χ4n) is 2.52. The summed E-state index contributed by atoms with van der Waals surface area (Å²) in [4.78, 5) is 24.6. The first kappa shape index (κ1) is 16.0. The monoisotopic (exact) mass is 277 g/mol. The molecule has 1 heterocycles. The first-order valence-electron chi connectivity index (χ1n) is 6.30. The van der Waals surface area contributed by atoms with Gasteiger partial charge in [0.05, 0.1) is 6.04 Å². The van der Waals surface area contributed by atoms with Crippen LogP contribution in [0.25, 0.3) is 0 Å². The molecular weight excluding hydrogens is 256 g/mol. The molecule has 1 saturated heterocycles. The Morgan fingerprint density at radius 3 is 2.37 bits per heavy atom. The Labute approximate surface area is 112 Å². The zero-order valence-corrected chi connectivity index (χ0v) is 11.7. The molecule has 0 aromatic heterocycles. The summed E-state index contributed by atoms with van der Waals surface area (Å²) >= 11 is 0. The minimum atomic E-state index is -2.59. The molecule has 0 N–H and O–H groups in total. The van der Waals surface area contributed by atoms with Crippen LogP contribution in [0.2, 0.25) is 0 Å². The van der Waals surface area contributed by atoms with Crippen LogP contribution in [0.3, 0.4) is 0 Å². The highest BCUT2D eigenvalue weighted by atomic mass is 19.3. The summed E-state index contributed by atoms with van der Waals surface area (Å²) < 4.78 is 30.8. The number of rotatable bonds is 4. The number of likely N-dealkylation sites (tertiary alicyclic amines) is 1. The van der Waals surface area contributed by atoms with Gasteiger partial charge in [-0.25, -0.2) is 8.78 Å². The van der Waals surface area contributed by atoms with Crippen LogP contribution in [0.15, 0.2) is 0 Å². The van der Waals surface area contributed by atoms with Gasteiger partial charge in [-0.1, -0.05) is 20.8 Å². The van der Waals surface area contributed by atoms with Crippen LogP contribution in [0.4, 0.5) is 8.78 Å². The van der Waals surface area contributed by atoms with Gasteiger partial charge in [0.1, 0.15) is 12.4 Å². The van der Waals surface area contributed by atoms with Gasteiger partial charge in [-0.15, -0.1) is 0 Å². The normalized spacial score (nSPS) is 25.7. The third-order valence-corrected chi connectivity index (χ3v) is 3.49. The lowest BCUT2D eigenvalue weighted by molar-refractivity contribution is -0.151. The molecule has 4 nitrogen and oxygen atoms in total. The average Bonchev–Trinajstić information content (AvgIpc) is 2.71. The third-order valence-electron chi connectivity index (χ3n) is 3.49. The van der Waals surface area contributed by atoms with Crippen molar-refractivity contribution in [3.8, 4) is 0 Å². The number of amides is 1. The lowest BCUT2D eigenvalue weighted by Gasteiger charge is -2.33. The highest BCUT2D eigenvalue weighted by Gasteiger charge is 2.45. The summed E-state index contributed by atoms with van der Waals surface area (Å²) in [5.41, 5.74) is -0.456. The van der Waals surface area contributed by atoms with Gasteiger partial charge in [0, 0.05) is 19.6 Å². The number of hydrogen-bond acceptors (Lipinski definition) is 3. The quantitative estimate of drug-likeness (QED) is 0.735. The van der Waals surface area contributed by atoms with E-state index in [4.69, 9.17) is 4.74 Å². The molecule has 1 aliphatic rings. The topological polar surface area (TPSA) is 46.6 Å². The molecule has 0 aromatic rings. The predicted octanol–water partition coefficient (Wildman–Crippen LogP) is 1.73. The number of carbonyl (C=O) groups is 2. The maximum atomic E-state index is 12.8. The van der Waals surface area contributed by atoms with Crippen molar-refractivity contribution in [1.29, 1.82) is 0 Å². The smallest absolute Gasteiger partial charge is 0.252 e.